The molecule has 3 N–H and O–H groups in total. The predicted octanol–water partition coefficient (Wildman–Crippen LogP) is 11.2. The van der Waals surface area contributed by atoms with Crippen molar-refractivity contribution < 1.29 is 47.8 Å². The fraction of sp³-hybridized carbons (Fsp3) is 0.814. The first-order chi connectivity index (χ1) is 26.3. The number of ether oxygens (including phenoxy) is 2. The van der Waals surface area contributed by atoms with Crippen molar-refractivity contribution in [1.82, 2.24) is 0 Å². The van der Waals surface area contributed by atoms with Gasteiger partial charge < -0.3 is 24.6 Å². The molecular formula is C43H79O10P. The molecule has 0 saturated carbocycles. The number of carbonyl (C=O) groups excluding carboxylic acids is 2. The van der Waals surface area contributed by atoms with Gasteiger partial charge in [-0.25, -0.2) is 4.57 Å². The second-order valence-corrected chi connectivity index (χ2v) is 15.8. The van der Waals surface area contributed by atoms with Gasteiger partial charge in [0.15, 0.2) is 0 Å². The molecule has 0 bridgehead atoms. The second kappa shape index (κ2) is 39.4. The van der Waals surface area contributed by atoms with E-state index in [1.54, 1.807) is 0 Å². The molecule has 0 aromatic carbocycles. The Labute approximate surface area is 329 Å². The van der Waals surface area contributed by atoms with Crippen LogP contribution < -0.4 is 0 Å². The normalized spacial score (nSPS) is 14.2. The maximum absolute atomic E-state index is 12.3. The van der Waals surface area contributed by atoms with E-state index in [2.05, 4.69) is 50.3 Å². The maximum Gasteiger partial charge on any atom is 0.472 e. The largest absolute Gasteiger partial charge is 0.472 e. The molecule has 0 aliphatic carbocycles. The van der Waals surface area contributed by atoms with E-state index in [0.717, 1.165) is 70.6 Å². The van der Waals surface area contributed by atoms with E-state index in [9.17, 15) is 29.3 Å². The molecule has 3 atom stereocenters. The molecule has 0 aromatic rings. The SMILES string of the molecule is CCCCC/C=C\C/C=C\CCCCCCCCCCCC(=O)OC(CO)COP(=O)(O)OCC(CO)OC(=O)CCCCCCC/C=C\CCCCC. The summed E-state index contributed by atoms with van der Waals surface area (Å²) < 4.78 is 32.5. The third-order valence-electron chi connectivity index (χ3n) is 9.07. The van der Waals surface area contributed by atoms with E-state index in [4.69, 9.17) is 18.5 Å². The first kappa shape index (κ1) is 52.2. The second-order valence-electron chi connectivity index (χ2n) is 14.3. The van der Waals surface area contributed by atoms with Crippen LogP contribution in [0, 0.1) is 0 Å². The Morgan fingerprint density at radius 3 is 1.17 bits per heavy atom. The highest BCUT2D eigenvalue weighted by Crippen LogP contribution is 2.43. The highest BCUT2D eigenvalue weighted by Gasteiger charge is 2.27. The number of unbranched alkanes of at least 4 members (excludes halogenated alkanes) is 20. The number of carbonyl (C=O) groups is 2. The monoisotopic (exact) mass is 787 g/mol. The summed E-state index contributed by atoms with van der Waals surface area (Å²) in [7, 11) is -4.64. The molecule has 3 unspecified atom stereocenters. The van der Waals surface area contributed by atoms with Crippen molar-refractivity contribution in [3.63, 3.8) is 0 Å². The standard InChI is InChI=1S/C43H79O10P/c1-3-5-7-9-11-13-15-17-18-19-20-21-22-23-25-27-29-31-33-35-43(47)53-41(37-45)39-51-54(48,49)50-38-40(36-44)52-42(46)34-32-30-28-26-24-16-14-12-10-8-6-4-2/h11-14,17-18,40-41,44-45H,3-10,15-16,19-39H2,1-2H3,(H,48,49)/b13-11-,14-12-,18-17-. The Balaban J connectivity index is 3.92. The zero-order chi connectivity index (χ0) is 39.8. The van der Waals surface area contributed by atoms with Crippen molar-refractivity contribution >= 4 is 19.8 Å². The lowest BCUT2D eigenvalue weighted by atomic mass is 10.1. The molecular weight excluding hydrogens is 707 g/mol. The zero-order valence-corrected chi connectivity index (χ0v) is 35.1. The van der Waals surface area contributed by atoms with E-state index < -0.39 is 58.4 Å². The average molecular weight is 787 g/mol. The highest BCUT2D eigenvalue weighted by atomic mass is 31.2. The Morgan fingerprint density at radius 2 is 0.815 bits per heavy atom. The number of hydrogen-bond acceptors (Lipinski definition) is 9. The van der Waals surface area contributed by atoms with Gasteiger partial charge in [-0.05, 0) is 70.6 Å². The van der Waals surface area contributed by atoms with Gasteiger partial charge >= 0.3 is 19.8 Å². The van der Waals surface area contributed by atoms with Crippen LogP contribution in [-0.2, 0) is 32.7 Å². The molecule has 0 fully saturated rings. The van der Waals surface area contributed by atoms with Gasteiger partial charge in [-0.15, -0.1) is 0 Å². The lowest BCUT2D eigenvalue weighted by molar-refractivity contribution is -0.153. The average Bonchev–Trinajstić information content (AvgIpc) is 3.16. The van der Waals surface area contributed by atoms with Crippen molar-refractivity contribution in [2.45, 2.75) is 199 Å². The molecule has 0 aromatic heterocycles. The number of allylic oxidation sites excluding steroid dienone is 6. The van der Waals surface area contributed by atoms with E-state index in [-0.39, 0.29) is 12.8 Å². The fourth-order valence-corrected chi connectivity index (χ4v) is 6.51. The summed E-state index contributed by atoms with van der Waals surface area (Å²) in [4.78, 5) is 34.5. The Hall–Kier alpha value is -1.81. The number of aliphatic hydroxyl groups is 2. The van der Waals surface area contributed by atoms with Crippen LogP contribution in [0.2, 0.25) is 0 Å². The molecule has 316 valence electrons. The van der Waals surface area contributed by atoms with Gasteiger partial charge in [0.25, 0.3) is 0 Å². The summed E-state index contributed by atoms with van der Waals surface area (Å²) >= 11 is 0. The van der Waals surface area contributed by atoms with Crippen LogP contribution in [0.3, 0.4) is 0 Å². The minimum atomic E-state index is -4.64. The number of phosphoric acid groups is 1. The Morgan fingerprint density at radius 1 is 0.500 bits per heavy atom. The molecule has 0 saturated heterocycles. The summed E-state index contributed by atoms with van der Waals surface area (Å²) in [5.74, 6) is -1.03. The molecule has 0 rings (SSSR count). The van der Waals surface area contributed by atoms with E-state index in [1.165, 1.54) is 77.0 Å². The Bertz CT molecular complexity index is 999. The van der Waals surface area contributed by atoms with Gasteiger partial charge in [-0.1, -0.05) is 140 Å². The molecule has 0 spiro atoms. The first-order valence-corrected chi connectivity index (χ1v) is 22.9. The Kier molecular flexibility index (Phi) is 38.1. The first-order valence-electron chi connectivity index (χ1n) is 21.4. The molecule has 10 nitrogen and oxygen atoms in total. The minimum Gasteiger partial charge on any atom is -0.457 e. The number of aliphatic hydroxyl groups excluding tert-OH is 2. The van der Waals surface area contributed by atoms with Crippen molar-refractivity contribution in [1.29, 1.82) is 0 Å². The van der Waals surface area contributed by atoms with Crippen LogP contribution in [0.1, 0.15) is 187 Å². The lowest BCUT2D eigenvalue weighted by Crippen LogP contribution is -2.28. The number of rotatable bonds is 40. The molecule has 0 aliphatic heterocycles. The summed E-state index contributed by atoms with van der Waals surface area (Å²) in [6.45, 7) is 2.14. The van der Waals surface area contributed by atoms with E-state index in [1.807, 2.05) is 0 Å². The number of phosphoric ester groups is 1. The van der Waals surface area contributed by atoms with Gasteiger partial charge in [0, 0.05) is 12.8 Å². The van der Waals surface area contributed by atoms with Crippen molar-refractivity contribution in [2.75, 3.05) is 26.4 Å². The van der Waals surface area contributed by atoms with Gasteiger partial charge in [-0.2, -0.15) is 0 Å². The highest BCUT2D eigenvalue weighted by molar-refractivity contribution is 7.47. The van der Waals surface area contributed by atoms with Gasteiger partial charge in [0.2, 0.25) is 0 Å². The number of esters is 2. The maximum atomic E-state index is 12.3. The van der Waals surface area contributed by atoms with E-state index in [0.29, 0.717) is 12.8 Å². The molecule has 11 heteroatoms. The summed E-state index contributed by atoms with van der Waals surface area (Å²) in [6.07, 6.45) is 39.7. The number of hydrogen-bond donors (Lipinski definition) is 3. The molecule has 0 radical (unpaired) electrons. The topological polar surface area (TPSA) is 149 Å². The van der Waals surface area contributed by atoms with Crippen LogP contribution in [0.15, 0.2) is 36.5 Å². The smallest absolute Gasteiger partial charge is 0.457 e. The fourth-order valence-electron chi connectivity index (χ4n) is 5.73. The van der Waals surface area contributed by atoms with Crippen molar-refractivity contribution in [3.8, 4) is 0 Å². The van der Waals surface area contributed by atoms with Crippen molar-refractivity contribution in [3.05, 3.63) is 36.5 Å². The molecule has 0 aliphatic rings. The quantitative estimate of drug-likeness (QED) is 0.0237. The zero-order valence-electron chi connectivity index (χ0n) is 34.2. The molecule has 0 amide bonds. The minimum absolute atomic E-state index is 0.182. The summed E-state index contributed by atoms with van der Waals surface area (Å²) in [6, 6.07) is 0. The molecule has 54 heavy (non-hydrogen) atoms. The van der Waals surface area contributed by atoms with Gasteiger partial charge in [0.05, 0.1) is 26.4 Å². The van der Waals surface area contributed by atoms with Crippen LogP contribution >= 0.6 is 7.82 Å². The van der Waals surface area contributed by atoms with Crippen LogP contribution in [0.25, 0.3) is 0 Å². The van der Waals surface area contributed by atoms with Gasteiger partial charge in [-0.3, -0.25) is 18.6 Å². The predicted molar refractivity (Wildman–Crippen MR) is 219 cm³/mol. The van der Waals surface area contributed by atoms with E-state index >= 15 is 0 Å². The summed E-state index contributed by atoms with van der Waals surface area (Å²) in [5, 5.41) is 19.1. The summed E-state index contributed by atoms with van der Waals surface area (Å²) in [5.41, 5.74) is 0. The lowest BCUT2D eigenvalue weighted by Gasteiger charge is -2.20. The van der Waals surface area contributed by atoms with Crippen LogP contribution in [0.4, 0.5) is 0 Å². The molecule has 0 heterocycles. The van der Waals surface area contributed by atoms with Gasteiger partial charge in [0.1, 0.15) is 12.2 Å². The van der Waals surface area contributed by atoms with Crippen molar-refractivity contribution in [2.24, 2.45) is 0 Å². The third kappa shape index (κ3) is 37.1. The van der Waals surface area contributed by atoms with Crippen LogP contribution in [0.5, 0.6) is 0 Å². The third-order valence-corrected chi connectivity index (χ3v) is 10.0. The van der Waals surface area contributed by atoms with Crippen LogP contribution in [-0.4, -0.2) is 65.7 Å².